The van der Waals surface area contributed by atoms with E-state index in [9.17, 15) is 14.4 Å². The topological polar surface area (TPSA) is 165 Å². The number of rotatable bonds is 10. The SMILES string of the molecule is CN(C)CCN(C)C(=O)c1ccc(NC(=O)Nc2ccc(-c3nc(CN4CCCN(C(N)=O)CC4)nc(N4CCOCC4)n3)cc2)cc1. The van der Waals surface area contributed by atoms with E-state index in [1.54, 1.807) is 53.2 Å². The van der Waals surface area contributed by atoms with Crippen LogP contribution in [0.3, 0.4) is 0 Å². The lowest BCUT2D eigenvalue weighted by Crippen LogP contribution is -2.39. The number of likely N-dealkylation sites (N-methyl/N-ethyl adjacent to an activating group) is 2. The summed E-state index contributed by atoms with van der Waals surface area (Å²) in [5.41, 5.74) is 8.01. The van der Waals surface area contributed by atoms with Crippen molar-refractivity contribution in [3.05, 3.63) is 59.9 Å². The second-order valence-electron chi connectivity index (χ2n) is 12.2. The first-order chi connectivity index (χ1) is 23.1. The van der Waals surface area contributed by atoms with Crippen molar-refractivity contribution in [2.45, 2.75) is 13.0 Å². The third-order valence-corrected chi connectivity index (χ3v) is 8.25. The van der Waals surface area contributed by atoms with E-state index in [1.807, 2.05) is 31.1 Å². The summed E-state index contributed by atoms with van der Waals surface area (Å²) < 4.78 is 5.53. The number of aromatic nitrogens is 3. The molecule has 2 saturated heterocycles. The minimum Gasteiger partial charge on any atom is -0.378 e. The molecule has 256 valence electrons. The van der Waals surface area contributed by atoms with Gasteiger partial charge in [-0.25, -0.2) is 14.6 Å². The molecule has 5 amide bonds. The van der Waals surface area contributed by atoms with E-state index >= 15 is 0 Å². The van der Waals surface area contributed by atoms with Crippen LogP contribution >= 0.6 is 0 Å². The number of carbonyl (C=O) groups is 3. The van der Waals surface area contributed by atoms with Crippen LogP contribution in [0.4, 0.5) is 26.9 Å². The monoisotopic (exact) mass is 659 g/mol. The molecule has 0 atom stereocenters. The van der Waals surface area contributed by atoms with Crippen LogP contribution in [0.15, 0.2) is 48.5 Å². The van der Waals surface area contributed by atoms with E-state index in [1.165, 1.54) is 0 Å². The van der Waals surface area contributed by atoms with Crippen molar-refractivity contribution in [3.63, 3.8) is 0 Å². The Bertz CT molecular complexity index is 1550. The van der Waals surface area contributed by atoms with Crippen LogP contribution in [0.5, 0.6) is 0 Å². The van der Waals surface area contributed by atoms with Gasteiger partial charge in [-0.1, -0.05) is 0 Å². The van der Waals surface area contributed by atoms with Gasteiger partial charge < -0.3 is 40.7 Å². The van der Waals surface area contributed by atoms with Crippen molar-refractivity contribution in [2.24, 2.45) is 5.73 Å². The van der Waals surface area contributed by atoms with Gasteiger partial charge in [0.2, 0.25) is 5.95 Å². The van der Waals surface area contributed by atoms with Gasteiger partial charge in [0, 0.05) is 81.9 Å². The van der Waals surface area contributed by atoms with Crippen molar-refractivity contribution in [3.8, 4) is 11.4 Å². The molecule has 3 heterocycles. The molecule has 0 spiro atoms. The van der Waals surface area contributed by atoms with Crippen molar-refractivity contribution in [2.75, 3.05) is 102 Å². The Labute approximate surface area is 281 Å². The molecule has 3 aromatic rings. The van der Waals surface area contributed by atoms with Gasteiger partial charge in [0.15, 0.2) is 5.82 Å². The molecule has 4 N–H and O–H groups in total. The molecule has 2 fully saturated rings. The molecular weight excluding hydrogens is 614 g/mol. The standard InChI is InChI=1S/C33H45N11O4/c1-40(2)15-16-41(3)30(45)25-7-11-27(12-8-25)36-33(47)35-26-9-5-24(6-10-26)29-37-28(38-32(39-29)44-19-21-48-22-20-44)23-42-13-4-14-43(18-17-42)31(34)46/h5-12H,4,13-23H2,1-3H3,(H2,34,46)(H2,35,36,47). The number of benzene rings is 2. The Balaban J connectivity index is 1.23. The summed E-state index contributed by atoms with van der Waals surface area (Å²) >= 11 is 0. The number of ether oxygens (including phenoxy) is 1. The maximum atomic E-state index is 12.8. The number of urea groups is 2. The predicted octanol–water partition coefficient (Wildman–Crippen LogP) is 2.24. The van der Waals surface area contributed by atoms with Gasteiger partial charge in [-0.05, 0) is 69.0 Å². The Morgan fingerprint density at radius 1 is 0.812 bits per heavy atom. The fraction of sp³-hybridized carbons (Fsp3) is 0.455. The van der Waals surface area contributed by atoms with Gasteiger partial charge in [0.25, 0.3) is 5.91 Å². The average Bonchev–Trinajstić information content (AvgIpc) is 3.33. The average molecular weight is 660 g/mol. The Hall–Kier alpha value is -4.86. The highest BCUT2D eigenvalue weighted by molar-refractivity contribution is 6.00. The van der Waals surface area contributed by atoms with Crippen LogP contribution in [0.1, 0.15) is 22.6 Å². The number of primary amides is 1. The summed E-state index contributed by atoms with van der Waals surface area (Å²) in [5.74, 6) is 1.70. The molecule has 0 saturated carbocycles. The first kappa shape index (κ1) is 34.5. The lowest BCUT2D eigenvalue weighted by molar-refractivity contribution is 0.0786. The van der Waals surface area contributed by atoms with E-state index in [4.69, 9.17) is 25.4 Å². The van der Waals surface area contributed by atoms with Gasteiger partial charge in [-0.3, -0.25) is 9.69 Å². The molecule has 15 heteroatoms. The first-order valence-electron chi connectivity index (χ1n) is 16.2. The highest BCUT2D eigenvalue weighted by atomic mass is 16.5. The zero-order valence-electron chi connectivity index (χ0n) is 27.9. The van der Waals surface area contributed by atoms with E-state index in [0.29, 0.717) is 93.6 Å². The van der Waals surface area contributed by atoms with Crippen LogP contribution in [0.2, 0.25) is 0 Å². The lowest BCUT2D eigenvalue weighted by atomic mass is 10.2. The van der Waals surface area contributed by atoms with E-state index in [2.05, 4.69) is 20.4 Å². The minimum absolute atomic E-state index is 0.0752. The number of nitrogens with two attached hydrogens (primary N) is 1. The van der Waals surface area contributed by atoms with E-state index in [0.717, 1.165) is 25.1 Å². The number of anilines is 3. The number of carbonyl (C=O) groups excluding carboxylic acids is 3. The molecule has 15 nitrogen and oxygen atoms in total. The van der Waals surface area contributed by atoms with Gasteiger partial charge in [-0.2, -0.15) is 9.97 Å². The summed E-state index contributed by atoms with van der Waals surface area (Å²) in [4.78, 5) is 61.3. The highest BCUT2D eigenvalue weighted by Gasteiger charge is 2.21. The fourth-order valence-electron chi connectivity index (χ4n) is 5.43. The molecule has 2 aliphatic heterocycles. The summed E-state index contributed by atoms with van der Waals surface area (Å²) in [6.45, 7) is 7.15. The Morgan fingerprint density at radius 3 is 2.12 bits per heavy atom. The molecule has 1 aromatic heterocycles. The summed E-state index contributed by atoms with van der Waals surface area (Å²) in [6, 6.07) is 13.3. The molecular formula is C33H45N11O4. The number of nitrogens with one attached hydrogen (secondary N) is 2. The summed E-state index contributed by atoms with van der Waals surface area (Å²) in [6.07, 6.45) is 0.819. The number of hydrogen-bond donors (Lipinski definition) is 3. The van der Waals surface area contributed by atoms with Gasteiger partial charge >= 0.3 is 12.1 Å². The van der Waals surface area contributed by atoms with Crippen molar-refractivity contribution >= 4 is 35.3 Å². The third kappa shape index (κ3) is 9.59. The molecule has 0 aliphatic carbocycles. The quantitative estimate of drug-likeness (QED) is 0.294. The van der Waals surface area contributed by atoms with Crippen LogP contribution in [0, 0.1) is 0 Å². The third-order valence-electron chi connectivity index (χ3n) is 8.25. The number of amides is 5. The Kier molecular flexibility index (Phi) is 11.7. The van der Waals surface area contributed by atoms with E-state index < -0.39 is 12.1 Å². The largest absolute Gasteiger partial charge is 0.378 e. The minimum atomic E-state index is -0.408. The highest BCUT2D eigenvalue weighted by Crippen LogP contribution is 2.22. The van der Waals surface area contributed by atoms with Crippen LogP contribution < -0.4 is 21.3 Å². The maximum absolute atomic E-state index is 12.8. The first-order valence-corrected chi connectivity index (χ1v) is 16.2. The number of hydrogen-bond acceptors (Lipinski definition) is 10. The molecule has 2 aromatic carbocycles. The molecule has 5 rings (SSSR count). The smallest absolute Gasteiger partial charge is 0.323 e. The fourth-order valence-corrected chi connectivity index (χ4v) is 5.43. The van der Waals surface area contributed by atoms with Crippen LogP contribution in [0.25, 0.3) is 11.4 Å². The van der Waals surface area contributed by atoms with Crippen LogP contribution in [-0.4, -0.2) is 139 Å². The summed E-state index contributed by atoms with van der Waals surface area (Å²) in [7, 11) is 5.71. The second kappa shape index (κ2) is 16.3. The zero-order chi connectivity index (χ0) is 34.0. The summed E-state index contributed by atoms with van der Waals surface area (Å²) in [5, 5.41) is 5.66. The molecule has 2 aliphatic rings. The van der Waals surface area contributed by atoms with E-state index in [-0.39, 0.29) is 5.91 Å². The number of nitrogens with zero attached hydrogens (tertiary/aromatic N) is 8. The zero-order valence-corrected chi connectivity index (χ0v) is 27.9. The van der Waals surface area contributed by atoms with Gasteiger partial charge in [0.05, 0.1) is 19.8 Å². The molecule has 0 unspecified atom stereocenters. The maximum Gasteiger partial charge on any atom is 0.323 e. The molecule has 0 radical (unpaired) electrons. The Morgan fingerprint density at radius 2 is 1.48 bits per heavy atom. The normalized spacial score (nSPS) is 15.6. The van der Waals surface area contributed by atoms with Crippen LogP contribution in [-0.2, 0) is 11.3 Å². The number of morpholine rings is 1. The lowest BCUT2D eigenvalue weighted by Gasteiger charge is -2.27. The van der Waals surface area contributed by atoms with Gasteiger partial charge in [-0.15, -0.1) is 0 Å². The molecule has 48 heavy (non-hydrogen) atoms. The second-order valence-corrected chi connectivity index (χ2v) is 12.2. The van der Waals surface area contributed by atoms with Crippen molar-refractivity contribution < 1.29 is 19.1 Å². The predicted molar refractivity (Wildman–Crippen MR) is 184 cm³/mol. The van der Waals surface area contributed by atoms with Crippen molar-refractivity contribution in [1.82, 2.24) is 34.6 Å². The van der Waals surface area contributed by atoms with Crippen molar-refractivity contribution in [1.29, 1.82) is 0 Å². The molecule has 0 bridgehead atoms. The van der Waals surface area contributed by atoms with Gasteiger partial charge in [0.1, 0.15) is 5.82 Å².